The number of aryl methyl sites for hydroxylation is 1. The second-order valence-corrected chi connectivity index (χ2v) is 6.04. The quantitative estimate of drug-likeness (QED) is 0.845. The molecule has 22 heavy (non-hydrogen) atoms. The summed E-state index contributed by atoms with van der Waals surface area (Å²) in [7, 11) is 0. The van der Waals surface area contributed by atoms with Gasteiger partial charge in [0.1, 0.15) is 5.78 Å². The summed E-state index contributed by atoms with van der Waals surface area (Å²) in [5, 5.41) is 0. The normalized spacial score (nSPS) is 12.4. The minimum absolute atomic E-state index is 0.200. The van der Waals surface area contributed by atoms with Crippen molar-refractivity contribution in [3.05, 3.63) is 65.5 Å². The molecule has 0 bridgehead atoms. The van der Waals surface area contributed by atoms with E-state index in [0.29, 0.717) is 18.8 Å². The zero-order chi connectivity index (χ0) is 15.9. The third-order valence-electron chi connectivity index (χ3n) is 3.85. The van der Waals surface area contributed by atoms with E-state index >= 15 is 0 Å². The molecule has 0 aliphatic carbocycles. The first-order valence-electron chi connectivity index (χ1n) is 7.82. The number of nitrogens with two attached hydrogens (primary N) is 1. The van der Waals surface area contributed by atoms with Crippen molar-refractivity contribution in [1.82, 2.24) is 4.98 Å². The van der Waals surface area contributed by atoms with Gasteiger partial charge in [0.15, 0.2) is 0 Å². The molecule has 2 rings (SSSR count). The van der Waals surface area contributed by atoms with Crippen LogP contribution >= 0.6 is 0 Å². The molecule has 0 radical (unpaired) electrons. The minimum atomic E-state index is -0.214. The highest BCUT2D eigenvalue weighted by atomic mass is 16.1. The van der Waals surface area contributed by atoms with Crippen LogP contribution in [0.2, 0.25) is 0 Å². The third kappa shape index (κ3) is 4.78. The topological polar surface area (TPSA) is 56.0 Å². The first-order chi connectivity index (χ1) is 10.6. The molecule has 3 nitrogen and oxygen atoms in total. The Bertz CT molecular complexity index is 608. The van der Waals surface area contributed by atoms with E-state index in [0.717, 1.165) is 17.5 Å². The van der Waals surface area contributed by atoms with Crippen molar-refractivity contribution < 1.29 is 4.79 Å². The van der Waals surface area contributed by atoms with E-state index in [1.54, 1.807) is 0 Å². The third-order valence-corrected chi connectivity index (χ3v) is 3.85. The van der Waals surface area contributed by atoms with Gasteiger partial charge >= 0.3 is 0 Å². The highest BCUT2D eigenvalue weighted by Crippen LogP contribution is 2.17. The second-order valence-electron chi connectivity index (χ2n) is 6.04. The fourth-order valence-electron chi connectivity index (χ4n) is 2.41. The standard InChI is InChI=1S/C19H24N2O/c1-14(2)17-10-15(12-21-13-17)8-9-18(22)11-19(20)16-6-4-3-5-7-16/h3-7,10,12-14,19H,8-9,11,20H2,1-2H3. The number of Topliss-reactive ketones (excluding diaryl/α,β-unsaturated/α-hetero) is 1. The Labute approximate surface area is 132 Å². The van der Waals surface area contributed by atoms with Crippen molar-refractivity contribution in [3.63, 3.8) is 0 Å². The van der Waals surface area contributed by atoms with Gasteiger partial charge in [-0.15, -0.1) is 0 Å². The Balaban J connectivity index is 1.86. The summed E-state index contributed by atoms with van der Waals surface area (Å²) in [6, 6.07) is 11.7. The summed E-state index contributed by atoms with van der Waals surface area (Å²) in [6.45, 7) is 4.29. The minimum Gasteiger partial charge on any atom is -0.324 e. The summed E-state index contributed by atoms with van der Waals surface area (Å²) in [6.07, 6.45) is 5.37. The number of ketones is 1. The maximum Gasteiger partial charge on any atom is 0.135 e. The number of rotatable bonds is 7. The summed E-state index contributed by atoms with van der Waals surface area (Å²) < 4.78 is 0. The number of hydrogen-bond acceptors (Lipinski definition) is 3. The van der Waals surface area contributed by atoms with E-state index in [4.69, 9.17) is 5.73 Å². The van der Waals surface area contributed by atoms with Crippen molar-refractivity contribution in [2.75, 3.05) is 0 Å². The second kappa shape index (κ2) is 7.85. The van der Waals surface area contributed by atoms with E-state index in [9.17, 15) is 4.79 Å². The van der Waals surface area contributed by atoms with Crippen molar-refractivity contribution in [3.8, 4) is 0 Å². The lowest BCUT2D eigenvalue weighted by Gasteiger charge is -2.11. The van der Waals surface area contributed by atoms with Gasteiger partial charge < -0.3 is 5.73 Å². The fourth-order valence-corrected chi connectivity index (χ4v) is 2.41. The molecule has 2 N–H and O–H groups in total. The smallest absolute Gasteiger partial charge is 0.135 e. The molecule has 1 aromatic heterocycles. The molecule has 0 saturated carbocycles. The van der Waals surface area contributed by atoms with Crippen LogP contribution in [-0.2, 0) is 11.2 Å². The first kappa shape index (κ1) is 16.4. The molecule has 1 atom stereocenters. The van der Waals surface area contributed by atoms with Gasteiger partial charge in [0, 0.05) is 31.3 Å². The molecule has 2 aromatic rings. The predicted octanol–water partition coefficient (Wildman–Crippen LogP) is 3.80. The van der Waals surface area contributed by atoms with Crippen LogP contribution in [0.15, 0.2) is 48.8 Å². The SMILES string of the molecule is CC(C)c1cncc(CCC(=O)CC(N)c2ccccc2)c1. The molecule has 1 aromatic carbocycles. The molecule has 3 heteroatoms. The number of aromatic nitrogens is 1. The summed E-state index contributed by atoms with van der Waals surface area (Å²) in [5.41, 5.74) is 9.44. The zero-order valence-electron chi connectivity index (χ0n) is 13.3. The molecule has 0 amide bonds. The lowest BCUT2D eigenvalue weighted by atomic mass is 9.98. The Morgan fingerprint density at radius 3 is 2.55 bits per heavy atom. The molecular formula is C19H24N2O. The first-order valence-corrected chi connectivity index (χ1v) is 7.82. The Morgan fingerprint density at radius 1 is 1.14 bits per heavy atom. The van der Waals surface area contributed by atoms with E-state index in [2.05, 4.69) is 24.9 Å². The number of benzene rings is 1. The lowest BCUT2D eigenvalue weighted by molar-refractivity contribution is -0.119. The van der Waals surface area contributed by atoms with Gasteiger partial charge in [0.25, 0.3) is 0 Å². The van der Waals surface area contributed by atoms with Crippen molar-refractivity contribution >= 4 is 5.78 Å². The molecule has 0 aliphatic heterocycles. The van der Waals surface area contributed by atoms with E-state index in [-0.39, 0.29) is 11.8 Å². The van der Waals surface area contributed by atoms with Gasteiger partial charge in [0.2, 0.25) is 0 Å². The van der Waals surface area contributed by atoms with Gasteiger partial charge in [-0.2, -0.15) is 0 Å². The molecular weight excluding hydrogens is 272 g/mol. The Hall–Kier alpha value is -2.00. The molecule has 0 spiro atoms. The Morgan fingerprint density at radius 2 is 1.86 bits per heavy atom. The summed E-state index contributed by atoms with van der Waals surface area (Å²) in [5.74, 6) is 0.654. The van der Waals surface area contributed by atoms with Gasteiger partial charge in [-0.1, -0.05) is 50.2 Å². The van der Waals surface area contributed by atoms with Gasteiger partial charge in [-0.25, -0.2) is 0 Å². The molecule has 1 heterocycles. The van der Waals surface area contributed by atoms with Crippen LogP contribution in [0.1, 0.15) is 55.3 Å². The maximum absolute atomic E-state index is 12.1. The van der Waals surface area contributed by atoms with Crippen LogP contribution in [0.4, 0.5) is 0 Å². The van der Waals surface area contributed by atoms with E-state index in [1.165, 1.54) is 5.56 Å². The van der Waals surface area contributed by atoms with E-state index < -0.39 is 0 Å². The van der Waals surface area contributed by atoms with Crippen LogP contribution in [0.5, 0.6) is 0 Å². The molecule has 1 unspecified atom stereocenters. The van der Waals surface area contributed by atoms with Crippen LogP contribution in [-0.4, -0.2) is 10.8 Å². The number of hydrogen-bond donors (Lipinski definition) is 1. The summed E-state index contributed by atoms with van der Waals surface area (Å²) >= 11 is 0. The number of pyridine rings is 1. The molecule has 0 fully saturated rings. The van der Waals surface area contributed by atoms with Crippen LogP contribution < -0.4 is 5.73 Å². The molecule has 0 saturated heterocycles. The number of carbonyl (C=O) groups excluding carboxylic acids is 1. The Kier molecular flexibility index (Phi) is 5.84. The van der Waals surface area contributed by atoms with Crippen molar-refractivity contribution in [2.24, 2.45) is 5.73 Å². The van der Waals surface area contributed by atoms with Crippen LogP contribution in [0, 0.1) is 0 Å². The largest absolute Gasteiger partial charge is 0.324 e. The van der Waals surface area contributed by atoms with Gasteiger partial charge in [0.05, 0.1) is 0 Å². The summed E-state index contributed by atoms with van der Waals surface area (Å²) in [4.78, 5) is 16.4. The predicted molar refractivity (Wildman–Crippen MR) is 89.6 cm³/mol. The number of carbonyl (C=O) groups is 1. The average Bonchev–Trinajstić information content (AvgIpc) is 2.54. The lowest BCUT2D eigenvalue weighted by Crippen LogP contribution is -2.15. The highest BCUT2D eigenvalue weighted by molar-refractivity contribution is 5.79. The van der Waals surface area contributed by atoms with E-state index in [1.807, 2.05) is 42.7 Å². The molecule has 0 aliphatic rings. The molecule has 116 valence electrons. The van der Waals surface area contributed by atoms with Crippen LogP contribution in [0.25, 0.3) is 0 Å². The highest BCUT2D eigenvalue weighted by Gasteiger charge is 2.12. The fraction of sp³-hybridized carbons (Fsp3) is 0.368. The number of nitrogens with zero attached hydrogens (tertiary/aromatic N) is 1. The van der Waals surface area contributed by atoms with Gasteiger partial charge in [-0.05, 0) is 29.0 Å². The average molecular weight is 296 g/mol. The van der Waals surface area contributed by atoms with Gasteiger partial charge in [-0.3, -0.25) is 9.78 Å². The zero-order valence-corrected chi connectivity index (χ0v) is 13.3. The van der Waals surface area contributed by atoms with Crippen molar-refractivity contribution in [2.45, 2.75) is 45.1 Å². The van der Waals surface area contributed by atoms with Crippen molar-refractivity contribution in [1.29, 1.82) is 0 Å². The maximum atomic E-state index is 12.1. The monoisotopic (exact) mass is 296 g/mol. The van der Waals surface area contributed by atoms with Crippen LogP contribution in [0.3, 0.4) is 0 Å².